The van der Waals surface area contributed by atoms with Gasteiger partial charge in [0.15, 0.2) is 21.3 Å². The maximum atomic E-state index is 13.7. The molecule has 0 aromatic heterocycles. The summed E-state index contributed by atoms with van der Waals surface area (Å²) in [5.74, 6) is 1.23. The van der Waals surface area contributed by atoms with Gasteiger partial charge in [-0.25, -0.2) is 8.42 Å². The molecule has 1 spiro atoms. The molecule has 1 atom stereocenters. The van der Waals surface area contributed by atoms with Gasteiger partial charge in [0.2, 0.25) is 0 Å². The van der Waals surface area contributed by atoms with Gasteiger partial charge in [-0.15, -0.1) is 0 Å². The minimum absolute atomic E-state index is 0.0884. The van der Waals surface area contributed by atoms with Crippen LogP contribution in [-0.2, 0) is 15.3 Å². The van der Waals surface area contributed by atoms with Gasteiger partial charge in [0.25, 0.3) is 5.91 Å². The van der Waals surface area contributed by atoms with E-state index < -0.39 is 9.84 Å². The molecule has 2 heterocycles. The van der Waals surface area contributed by atoms with Crippen molar-refractivity contribution < 1.29 is 22.7 Å². The molecular formula is C24H26ClNO5S. The number of sulfone groups is 1. The second kappa shape index (κ2) is 7.66. The normalized spacial score (nSPS) is 21.5. The summed E-state index contributed by atoms with van der Waals surface area (Å²) in [6, 6.07) is 8.24. The number of carbonyl (C=O) groups excluding carboxylic acids is 1. The molecular weight excluding hydrogens is 450 g/mol. The molecule has 2 aliphatic heterocycles. The van der Waals surface area contributed by atoms with E-state index in [1.165, 1.54) is 23.8 Å². The van der Waals surface area contributed by atoms with Gasteiger partial charge < -0.3 is 14.4 Å². The Hall–Kier alpha value is -2.25. The number of halogens is 1. The fourth-order valence-corrected chi connectivity index (χ4v) is 6.25. The van der Waals surface area contributed by atoms with Gasteiger partial charge in [0, 0.05) is 18.2 Å². The number of amides is 1. The zero-order valence-electron chi connectivity index (χ0n) is 18.2. The average Bonchev–Trinajstić information content (AvgIpc) is 3.24. The van der Waals surface area contributed by atoms with Crippen LogP contribution in [0, 0.1) is 0 Å². The number of hydrogen-bond donors (Lipinski definition) is 0. The van der Waals surface area contributed by atoms with Crippen molar-refractivity contribution in [1.82, 2.24) is 4.90 Å². The molecule has 0 saturated heterocycles. The van der Waals surface area contributed by atoms with E-state index >= 15 is 0 Å². The van der Waals surface area contributed by atoms with Crippen LogP contribution < -0.4 is 9.47 Å². The van der Waals surface area contributed by atoms with Crippen molar-refractivity contribution in [2.24, 2.45) is 0 Å². The zero-order chi connectivity index (χ0) is 22.7. The van der Waals surface area contributed by atoms with Gasteiger partial charge in [-0.2, -0.15) is 0 Å². The van der Waals surface area contributed by atoms with Crippen molar-refractivity contribution in [3.05, 3.63) is 52.0 Å². The van der Waals surface area contributed by atoms with Gasteiger partial charge >= 0.3 is 0 Å². The predicted molar refractivity (Wildman–Crippen MR) is 122 cm³/mol. The summed E-state index contributed by atoms with van der Waals surface area (Å²) in [4.78, 5) is 15.7. The number of ether oxygens (including phenoxy) is 2. The van der Waals surface area contributed by atoms with Crippen molar-refractivity contribution in [2.75, 3.05) is 26.0 Å². The standard InChI is InChI=1S/C24H26ClNO5S/c1-15-17-12-21-22(31-10-9-30-21)13-19(17)24(7-3-4-8-24)14-26(15)23(27)18-11-16(32(2,28)29)5-6-20(18)25/h5-6,11-13,15H,3-4,7-10,14H2,1-2H3. The third-order valence-corrected chi connectivity index (χ3v) is 8.53. The summed E-state index contributed by atoms with van der Waals surface area (Å²) in [5.41, 5.74) is 2.38. The summed E-state index contributed by atoms with van der Waals surface area (Å²) in [6.45, 7) is 3.61. The first kappa shape index (κ1) is 21.6. The largest absolute Gasteiger partial charge is 0.486 e. The van der Waals surface area contributed by atoms with Crippen LogP contribution in [0.15, 0.2) is 35.2 Å². The molecule has 1 saturated carbocycles. The lowest BCUT2D eigenvalue weighted by molar-refractivity contribution is 0.0593. The van der Waals surface area contributed by atoms with Crippen molar-refractivity contribution in [2.45, 2.75) is 49.0 Å². The number of nitrogens with zero attached hydrogens (tertiary/aromatic N) is 1. The molecule has 0 N–H and O–H groups in total. The van der Waals surface area contributed by atoms with Gasteiger partial charge in [0.05, 0.1) is 21.5 Å². The van der Waals surface area contributed by atoms with Crippen LogP contribution >= 0.6 is 11.6 Å². The summed E-state index contributed by atoms with van der Waals surface area (Å²) >= 11 is 6.38. The average molecular weight is 476 g/mol. The van der Waals surface area contributed by atoms with Crippen LogP contribution in [0.25, 0.3) is 0 Å². The van der Waals surface area contributed by atoms with Crippen LogP contribution in [0.5, 0.6) is 11.5 Å². The lowest BCUT2D eigenvalue weighted by Crippen LogP contribution is -2.48. The molecule has 1 fully saturated rings. The summed E-state index contributed by atoms with van der Waals surface area (Å²) < 4.78 is 35.8. The number of fused-ring (bicyclic) bond motifs is 3. The second-order valence-corrected chi connectivity index (χ2v) is 11.5. The van der Waals surface area contributed by atoms with Crippen LogP contribution in [0.4, 0.5) is 0 Å². The topological polar surface area (TPSA) is 72.9 Å². The maximum Gasteiger partial charge on any atom is 0.255 e. The minimum atomic E-state index is -3.46. The lowest BCUT2D eigenvalue weighted by Gasteiger charge is -2.46. The first-order valence-electron chi connectivity index (χ1n) is 10.9. The van der Waals surface area contributed by atoms with E-state index in [1.54, 1.807) is 0 Å². The van der Waals surface area contributed by atoms with Gasteiger partial charge in [-0.3, -0.25) is 4.79 Å². The molecule has 2 aromatic carbocycles. The predicted octanol–water partition coefficient (Wildman–Crippen LogP) is 4.54. The highest BCUT2D eigenvalue weighted by atomic mass is 35.5. The van der Waals surface area contributed by atoms with E-state index in [-0.39, 0.29) is 32.8 Å². The second-order valence-electron chi connectivity index (χ2n) is 9.09. The minimum Gasteiger partial charge on any atom is -0.486 e. The molecule has 8 heteroatoms. The molecule has 1 aliphatic carbocycles. The highest BCUT2D eigenvalue weighted by Crippen LogP contribution is 2.52. The van der Waals surface area contributed by atoms with Crippen molar-refractivity contribution >= 4 is 27.3 Å². The quantitative estimate of drug-likeness (QED) is 0.637. The summed E-state index contributed by atoms with van der Waals surface area (Å²) in [7, 11) is -3.46. The summed E-state index contributed by atoms with van der Waals surface area (Å²) in [5, 5.41) is 0.253. The first-order valence-corrected chi connectivity index (χ1v) is 13.2. The maximum absolute atomic E-state index is 13.7. The highest BCUT2D eigenvalue weighted by Gasteiger charge is 2.46. The summed E-state index contributed by atoms with van der Waals surface area (Å²) in [6.07, 6.45) is 5.33. The van der Waals surface area contributed by atoms with E-state index in [4.69, 9.17) is 21.1 Å². The van der Waals surface area contributed by atoms with Crippen LogP contribution in [0.3, 0.4) is 0 Å². The van der Waals surface area contributed by atoms with Crippen LogP contribution in [-0.4, -0.2) is 45.2 Å². The first-order chi connectivity index (χ1) is 15.2. The van der Waals surface area contributed by atoms with Gasteiger partial charge in [0.1, 0.15) is 13.2 Å². The van der Waals surface area contributed by atoms with E-state index in [2.05, 4.69) is 6.07 Å². The van der Waals surface area contributed by atoms with Crippen LogP contribution in [0.1, 0.15) is 60.1 Å². The fourth-order valence-electron chi connectivity index (χ4n) is 5.41. The highest BCUT2D eigenvalue weighted by molar-refractivity contribution is 7.90. The smallest absolute Gasteiger partial charge is 0.255 e. The Labute approximate surface area is 193 Å². The Balaban J connectivity index is 1.61. The zero-order valence-corrected chi connectivity index (χ0v) is 19.8. The molecule has 3 aliphatic rings. The van der Waals surface area contributed by atoms with Gasteiger partial charge in [-0.05, 0) is 61.2 Å². The lowest BCUT2D eigenvalue weighted by atomic mass is 9.71. The Kier molecular flexibility index (Phi) is 5.17. The van der Waals surface area contributed by atoms with E-state index in [1.807, 2.05) is 17.9 Å². The van der Waals surface area contributed by atoms with Crippen molar-refractivity contribution in [1.29, 1.82) is 0 Å². The number of benzene rings is 2. The van der Waals surface area contributed by atoms with E-state index in [0.29, 0.717) is 25.5 Å². The van der Waals surface area contributed by atoms with Gasteiger partial charge in [-0.1, -0.05) is 24.4 Å². The van der Waals surface area contributed by atoms with E-state index in [9.17, 15) is 13.2 Å². The molecule has 32 heavy (non-hydrogen) atoms. The number of hydrogen-bond acceptors (Lipinski definition) is 5. The molecule has 0 radical (unpaired) electrons. The molecule has 1 unspecified atom stereocenters. The van der Waals surface area contributed by atoms with E-state index in [0.717, 1.165) is 43.3 Å². The van der Waals surface area contributed by atoms with Crippen LogP contribution in [0.2, 0.25) is 5.02 Å². The Morgan fingerprint density at radius 3 is 2.41 bits per heavy atom. The fraction of sp³-hybridized carbons (Fsp3) is 0.458. The monoisotopic (exact) mass is 475 g/mol. The molecule has 2 aromatic rings. The van der Waals surface area contributed by atoms with Crippen molar-refractivity contribution in [3.8, 4) is 11.5 Å². The number of carbonyl (C=O) groups is 1. The Bertz CT molecular complexity index is 1200. The molecule has 6 nitrogen and oxygen atoms in total. The molecule has 5 rings (SSSR count). The SMILES string of the molecule is CC1c2cc3c(cc2C2(CCCC2)CN1C(=O)c1cc(S(C)(=O)=O)ccc1Cl)OCCO3. The Morgan fingerprint density at radius 1 is 1.09 bits per heavy atom. The van der Waals surface area contributed by atoms with Crippen molar-refractivity contribution in [3.63, 3.8) is 0 Å². The molecule has 170 valence electrons. The number of rotatable bonds is 2. The third-order valence-electron chi connectivity index (χ3n) is 7.09. The molecule has 1 amide bonds. The Morgan fingerprint density at radius 2 is 1.75 bits per heavy atom. The molecule has 0 bridgehead atoms. The third kappa shape index (κ3) is 3.46.